The topological polar surface area (TPSA) is 73.8 Å². The molecule has 0 aliphatic carbocycles. The number of likely N-dealkylation sites (tertiary alicyclic amines) is 1. The van der Waals surface area contributed by atoms with E-state index in [0.29, 0.717) is 44.1 Å². The summed E-state index contributed by atoms with van der Waals surface area (Å²) >= 11 is 13.0. The number of carbonyl (C=O) groups is 1. The monoisotopic (exact) mass is 663 g/mol. The molecule has 202 valence electrons. The van der Waals surface area contributed by atoms with E-state index in [1.165, 1.54) is 0 Å². The molecule has 1 fully saturated rings. The Morgan fingerprint density at radius 2 is 1.68 bits per heavy atom. The van der Waals surface area contributed by atoms with Gasteiger partial charge < -0.3 is 20.5 Å². The van der Waals surface area contributed by atoms with E-state index in [1.54, 1.807) is 0 Å². The summed E-state index contributed by atoms with van der Waals surface area (Å²) in [6.45, 7) is 6.71. The van der Waals surface area contributed by atoms with Crippen LogP contribution in [0.2, 0.25) is 5.02 Å². The molecule has 0 atom stereocenters. The maximum absolute atomic E-state index is 12.6. The van der Waals surface area contributed by atoms with Gasteiger partial charge in [0.2, 0.25) is 0 Å². The number of hydrogen-bond acceptors (Lipinski definition) is 4. The number of ether oxygens (including phenoxy) is 1. The zero-order chi connectivity index (χ0) is 27.3. The van der Waals surface area contributed by atoms with Crippen LogP contribution in [0.5, 0.6) is 5.75 Å². The molecule has 1 aliphatic heterocycles. The third-order valence-corrected chi connectivity index (χ3v) is 8.03. The van der Waals surface area contributed by atoms with Gasteiger partial charge in [-0.05, 0) is 85.8 Å². The number of urea groups is 1. The van der Waals surface area contributed by atoms with Crippen molar-refractivity contribution in [3.63, 3.8) is 0 Å². The number of halogens is 3. The third-order valence-electron chi connectivity index (χ3n) is 6.82. The minimum absolute atomic E-state index is 0.202. The molecule has 0 bridgehead atoms. The van der Waals surface area contributed by atoms with Crippen molar-refractivity contribution in [3.8, 4) is 5.75 Å². The van der Waals surface area contributed by atoms with E-state index in [2.05, 4.69) is 53.5 Å². The smallest absolute Gasteiger partial charge is 0.319 e. The minimum Gasteiger partial charge on any atom is -0.489 e. The lowest BCUT2D eigenvalue weighted by atomic mass is 9.91. The number of nitrogens with one attached hydrogen (secondary N) is 2. The predicted molar refractivity (Wildman–Crippen MR) is 160 cm³/mol. The lowest BCUT2D eigenvalue weighted by molar-refractivity contribution is -0.0196. The van der Waals surface area contributed by atoms with Crippen LogP contribution in [0, 0.1) is 13.8 Å². The van der Waals surface area contributed by atoms with Crippen molar-refractivity contribution in [1.29, 1.82) is 0 Å². The fourth-order valence-electron chi connectivity index (χ4n) is 4.61. The Bertz CT molecular complexity index is 1260. The van der Waals surface area contributed by atoms with E-state index in [9.17, 15) is 9.90 Å². The highest BCUT2D eigenvalue weighted by atomic mass is 79.9. The first-order valence-corrected chi connectivity index (χ1v) is 14.5. The first-order chi connectivity index (χ1) is 18.1. The van der Waals surface area contributed by atoms with Crippen molar-refractivity contribution in [2.75, 3.05) is 25.0 Å². The van der Waals surface area contributed by atoms with Gasteiger partial charge in [0.05, 0.1) is 5.60 Å². The van der Waals surface area contributed by atoms with Gasteiger partial charge in [-0.15, -0.1) is 0 Å². The highest BCUT2D eigenvalue weighted by Gasteiger charge is 2.33. The molecule has 0 unspecified atom stereocenters. The van der Waals surface area contributed by atoms with E-state index >= 15 is 0 Å². The second-order valence-corrected chi connectivity index (χ2v) is 12.2. The molecular weight excluding hydrogens is 634 g/mol. The molecule has 3 aromatic carbocycles. The summed E-state index contributed by atoms with van der Waals surface area (Å²) in [6.07, 6.45) is 1.14. The van der Waals surface area contributed by atoms with Crippen LogP contribution in [-0.2, 0) is 13.2 Å². The van der Waals surface area contributed by atoms with E-state index in [4.69, 9.17) is 16.3 Å². The molecular formula is C29H32Br2ClN3O3. The molecule has 0 radical (unpaired) electrons. The van der Waals surface area contributed by atoms with Crippen molar-refractivity contribution < 1.29 is 14.6 Å². The number of amides is 2. The zero-order valence-electron chi connectivity index (χ0n) is 21.5. The van der Waals surface area contributed by atoms with E-state index < -0.39 is 5.60 Å². The number of carbonyl (C=O) groups excluding carboxylic acids is 1. The standard InChI is InChI=1S/C29H32Br2ClN3O3/c1-19-13-24(31)14-20(2)27(19)34-28(36)33-18-29(37)9-11-35(12-10-29)16-22-15-23(30)5-8-26(22)38-17-21-3-6-25(32)7-4-21/h3-8,13-15,37H,9-12,16-18H2,1-2H3,(H2,33,34,36). The Kier molecular flexibility index (Phi) is 9.76. The van der Waals surface area contributed by atoms with Crippen molar-refractivity contribution in [1.82, 2.24) is 10.2 Å². The number of nitrogens with zero attached hydrogens (tertiary/aromatic N) is 1. The maximum Gasteiger partial charge on any atom is 0.319 e. The summed E-state index contributed by atoms with van der Waals surface area (Å²) in [7, 11) is 0. The maximum atomic E-state index is 12.6. The number of anilines is 1. The molecule has 9 heteroatoms. The Morgan fingerprint density at radius 3 is 2.34 bits per heavy atom. The van der Waals surface area contributed by atoms with Gasteiger partial charge in [0, 0.05) is 51.4 Å². The number of aryl methyl sites for hydroxylation is 2. The van der Waals surface area contributed by atoms with Crippen LogP contribution < -0.4 is 15.4 Å². The lowest BCUT2D eigenvalue weighted by Gasteiger charge is -2.38. The van der Waals surface area contributed by atoms with Crippen LogP contribution in [-0.4, -0.2) is 41.3 Å². The van der Waals surface area contributed by atoms with Crippen LogP contribution in [0.25, 0.3) is 0 Å². The largest absolute Gasteiger partial charge is 0.489 e. The molecule has 1 heterocycles. The fraction of sp³-hybridized carbons (Fsp3) is 0.345. The van der Waals surface area contributed by atoms with Gasteiger partial charge in [-0.2, -0.15) is 0 Å². The summed E-state index contributed by atoms with van der Waals surface area (Å²) in [5.41, 5.74) is 3.93. The molecule has 1 aliphatic rings. The number of piperidine rings is 1. The summed E-state index contributed by atoms with van der Waals surface area (Å²) in [5, 5.41) is 17.6. The summed E-state index contributed by atoms with van der Waals surface area (Å²) in [5.74, 6) is 0.834. The average Bonchev–Trinajstić information content (AvgIpc) is 2.87. The van der Waals surface area contributed by atoms with Crippen molar-refractivity contribution >= 4 is 55.2 Å². The molecule has 1 saturated heterocycles. The molecule has 0 aromatic heterocycles. The van der Waals surface area contributed by atoms with Crippen LogP contribution in [0.15, 0.2) is 63.5 Å². The molecule has 2 amide bonds. The number of aliphatic hydroxyl groups is 1. The quantitative estimate of drug-likeness (QED) is 0.238. The molecule has 38 heavy (non-hydrogen) atoms. The van der Waals surface area contributed by atoms with Gasteiger partial charge in [-0.1, -0.05) is 55.6 Å². The van der Waals surface area contributed by atoms with Gasteiger partial charge in [-0.3, -0.25) is 4.90 Å². The molecule has 6 nitrogen and oxygen atoms in total. The van der Waals surface area contributed by atoms with Crippen LogP contribution in [0.1, 0.15) is 35.1 Å². The van der Waals surface area contributed by atoms with Crippen LogP contribution in [0.4, 0.5) is 10.5 Å². The highest BCUT2D eigenvalue weighted by molar-refractivity contribution is 9.10. The second-order valence-electron chi connectivity index (χ2n) is 9.89. The summed E-state index contributed by atoms with van der Waals surface area (Å²) in [6, 6.07) is 17.3. The fourth-order valence-corrected chi connectivity index (χ4v) is 5.83. The summed E-state index contributed by atoms with van der Waals surface area (Å²) in [4.78, 5) is 14.9. The third kappa shape index (κ3) is 7.96. The van der Waals surface area contributed by atoms with E-state index in [0.717, 1.165) is 42.6 Å². The zero-order valence-corrected chi connectivity index (χ0v) is 25.4. The van der Waals surface area contributed by atoms with Gasteiger partial charge in [-0.25, -0.2) is 4.79 Å². The number of rotatable bonds is 8. The van der Waals surface area contributed by atoms with Crippen LogP contribution >= 0.6 is 43.5 Å². The SMILES string of the molecule is Cc1cc(Br)cc(C)c1NC(=O)NCC1(O)CCN(Cc2cc(Br)ccc2OCc2ccc(Cl)cc2)CC1. The normalized spacial score (nSPS) is 15.2. The molecule has 0 spiro atoms. The van der Waals surface area contributed by atoms with Gasteiger partial charge in [0.1, 0.15) is 12.4 Å². The first-order valence-electron chi connectivity index (χ1n) is 12.5. The number of benzene rings is 3. The minimum atomic E-state index is -0.942. The van der Waals surface area contributed by atoms with Crippen molar-refractivity contribution in [2.45, 2.75) is 45.4 Å². The van der Waals surface area contributed by atoms with Gasteiger partial charge >= 0.3 is 6.03 Å². The van der Waals surface area contributed by atoms with E-state index in [-0.39, 0.29) is 12.6 Å². The Labute approximate surface area is 246 Å². The summed E-state index contributed by atoms with van der Waals surface area (Å²) < 4.78 is 8.11. The number of hydrogen-bond donors (Lipinski definition) is 3. The van der Waals surface area contributed by atoms with E-state index in [1.807, 2.05) is 62.4 Å². The second kappa shape index (κ2) is 12.8. The van der Waals surface area contributed by atoms with Crippen molar-refractivity contribution in [2.24, 2.45) is 0 Å². The Hall–Kier alpha value is -2.10. The van der Waals surface area contributed by atoms with Gasteiger partial charge in [0.25, 0.3) is 0 Å². The van der Waals surface area contributed by atoms with Gasteiger partial charge in [0.15, 0.2) is 0 Å². The van der Waals surface area contributed by atoms with Crippen molar-refractivity contribution in [3.05, 3.63) is 90.8 Å². The van der Waals surface area contributed by atoms with Crippen LogP contribution in [0.3, 0.4) is 0 Å². The molecule has 3 N–H and O–H groups in total. The molecule has 0 saturated carbocycles. The average molecular weight is 666 g/mol. The first kappa shape index (κ1) is 28.9. The molecule has 4 rings (SSSR count). The molecule has 3 aromatic rings. The Morgan fingerprint density at radius 1 is 1.03 bits per heavy atom. The highest BCUT2D eigenvalue weighted by Crippen LogP contribution is 2.29. The lowest BCUT2D eigenvalue weighted by Crippen LogP contribution is -2.51. The Balaban J connectivity index is 1.29. The predicted octanol–water partition coefficient (Wildman–Crippen LogP) is 7.21.